The second-order valence-corrected chi connectivity index (χ2v) is 6.19. The largest absolute Gasteiger partial charge is 0.624 e. The summed E-state index contributed by atoms with van der Waals surface area (Å²) in [4.78, 5) is 24.7. The number of benzene rings is 1. The highest BCUT2D eigenvalue weighted by molar-refractivity contribution is 6.06. The van der Waals surface area contributed by atoms with Crippen molar-refractivity contribution in [1.82, 2.24) is 0 Å². The average molecular weight is 365 g/mol. The van der Waals surface area contributed by atoms with E-state index in [1.807, 2.05) is 6.07 Å². The zero-order valence-corrected chi connectivity index (χ0v) is 15.7. The van der Waals surface area contributed by atoms with Gasteiger partial charge in [0.25, 0.3) is 5.60 Å². The number of esters is 2. The maximum absolute atomic E-state index is 12.4. The fraction of sp³-hybridized carbons (Fsp3) is 0.526. The first-order valence-electron chi connectivity index (χ1n) is 8.66. The molecular formula is C19H27NO6. The molecule has 0 aliphatic heterocycles. The van der Waals surface area contributed by atoms with Gasteiger partial charge in [-0.3, -0.25) is 0 Å². The van der Waals surface area contributed by atoms with E-state index >= 15 is 0 Å². The van der Waals surface area contributed by atoms with Gasteiger partial charge in [0.05, 0.1) is 19.1 Å². The van der Waals surface area contributed by atoms with Crippen LogP contribution in [0, 0.1) is 17.0 Å². The Morgan fingerprint density at radius 1 is 1.15 bits per heavy atom. The van der Waals surface area contributed by atoms with E-state index in [2.05, 4.69) is 0 Å². The van der Waals surface area contributed by atoms with Crippen LogP contribution >= 0.6 is 0 Å². The summed E-state index contributed by atoms with van der Waals surface area (Å²) in [5, 5.41) is 23.3. The molecule has 0 aromatic heterocycles. The summed E-state index contributed by atoms with van der Waals surface area (Å²) in [6.45, 7) is 6.50. The monoisotopic (exact) mass is 365 g/mol. The third kappa shape index (κ3) is 5.29. The molecule has 1 unspecified atom stereocenters. The Labute approximate surface area is 153 Å². The number of carbonyl (C=O) groups excluding carboxylic acids is 2. The molecule has 0 bridgehead atoms. The summed E-state index contributed by atoms with van der Waals surface area (Å²) >= 11 is 0. The van der Waals surface area contributed by atoms with Gasteiger partial charge in [-0.15, -0.1) is 0 Å². The zero-order valence-electron chi connectivity index (χ0n) is 15.7. The van der Waals surface area contributed by atoms with Crippen molar-refractivity contribution in [2.45, 2.75) is 39.8 Å². The smallest absolute Gasteiger partial charge is 0.350 e. The number of hydroxylamine groups is 1. The summed E-state index contributed by atoms with van der Waals surface area (Å²) in [5.74, 6) is -3.76. The van der Waals surface area contributed by atoms with Gasteiger partial charge in [-0.2, -0.15) is 0 Å². The summed E-state index contributed by atoms with van der Waals surface area (Å²) in [5.41, 5.74) is -1.82. The van der Waals surface area contributed by atoms with Crippen molar-refractivity contribution < 1.29 is 28.9 Å². The van der Waals surface area contributed by atoms with Crippen LogP contribution < -0.4 is 0 Å². The minimum absolute atomic E-state index is 0.0174. The van der Waals surface area contributed by atoms with Crippen molar-refractivity contribution in [3.63, 3.8) is 0 Å². The van der Waals surface area contributed by atoms with E-state index in [0.717, 1.165) is 11.8 Å². The van der Waals surface area contributed by atoms with E-state index in [1.165, 1.54) is 0 Å². The van der Waals surface area contributed by atoms with Gasteiger partial charge in [-0.25, -0.2) is 14.3 Å². The molecule has 1 aromatic rings. The Bertz CT molecular complexity index is 608. The molecular weight excluding hydrogens is 338 g/mol. The molecule has 0 fully saturated rings. The predicted octanol–water partition coefficient (Wildman–Crippen LogP) is 1.90. The molecule has 0 aliphatic rings. The van der Waals surface area contributed by atoms with Crippen molar-refractivity contribution in [1.29, 1.82) is 0 Å². The number of rotatable bonds is 9. The highest BCUT2D eigenvalue weighted by Gasteiger charge is 2.55. The molecule has 1 aromatic carbocycles. The molecule has 26 heavy (non-hydrogen) atoms. The first-order valence-corrected chi connectivity index (χ1v) is 8.66. The van der Waals surface area contributed by atoms with Gasteiger partial charge in [0.15, 0.2) is 12.8 Å². The van der Waals surface area contributed by atoms with E-state index in [1.54, 1.807) is 52.0 Å². The summed E-state index contributed by atoms with van der Waals surface area (Å²) in [6.07, 6.45) is 1.14. The molecule has 144 valence electrons. The van der Waals surface area contributed by atoms with E-state index in [9.17, 15) is 19.9 Å². The molecule has 0 amide bonds. The first-order chi connectivity index (χ1) is 12.3. The lowest BCUT2D eigenvalue weighted by atomic mass is 9.80. The highest BCUT2D eigenvalue weighted by Crippen LogP contribution is 2.27. The van der Waals surface area contributed by atoms with Crippen LogP contribution in [-0.4, -0.2) is 46.8 Å². The van der Waals surface area contributed by atoms with E-state index in [0.29, 0.717) is 4.74 Å². The topological polar surface area (TPSA) is 98.9 Å². The second kappa shape index (κ2) is 9.91. The number of carbonyl (C=O) groups is 2. The summed E-state index contributed by atoms with van der Waals surface area (Å²) < 4.78 is 10.4. The van der Waals surface area contributed by atoms with Crippen LogP contribution in [0.15, 0.2) is 30.3 Å². The minimum atomic E-state index is -2.58. The van der Waals surface area contributed by atoms with Gasteiger partial charge in [0.1, 0.15) is 0 Å². The van der Waals surface area contributed by atoms with Crippen LogP contribution in [0.2, 0.25) is 0 Å². The van der Waals surface area contributed by atoms with Crippen LogP contribution in [-0.2, 0) is 25.6 Å². The molecule has 0 aliphatic carbocycles. The zero-order chi connectivity index (χ0) is 19.7. The van der Waals surface area contributed by atoms with Gasteiger partial charge >= 0.3 is 11.9 Å². The number of nitrogens with zero attached hydrogens (tertiary/aromatic N) is 1. The van der Waals surface area contributed by atoms with Gasteiger partial charge < -0.3 is 19.8 Å². The molecule has 0 spiro atoms. The SMILES string of the molecule is CCOC(=O)C(O)(C(=O)OCC)C(/C=[N+](\[O-])Cc1ccccc1)C(C)C. The Hall–Kier alpha value is -2.41. The Kier molecular flexibility index (Phi) is 8.25. The third-order valence-electron chi connectivity index (χ3n) is 3.88. The quantitative estimate of drug-likeness (QED) is 0.179. The van der Waals surface area contributed by atoms with Crippen LogP contribution in [0.5, 0.6) is 0 Å². The molecule has 0 saturated carbocycles. The number of aliphatic hydroxyl groups is 1. The maximum atomic E-state index is 12.4. The predicted molar refractivity (Wildman–Crippen MR) is 96.4 cm³/mol. The molecule has 7 nitrogen and oxygen atoms in total. The van der Waals surface area contributed by atoms with Crippen molar-refractivity contribution in [2.24, 2.45) is 11.8 Å². The number of hydrogen-bond acceptors (Lipinski definition) is 6. The standard InChI is InChI=1S/C19H27NO6/c1-5-25-17(21)19(23,18(22)26-6-2)16(14(3)4)13-20(24)12-15-10-8-7-9-11-15/h7-11,13-14,16,23H,5-6,12H2,1-4H3/b20-13-. The Morgan fingerprint density at radius 2 is 1.65 bits per heavy atom. The Balaban J connectivity index is 3.24. The van der Waals surface area contributed by atoms with Crippen molar-refractivity contribution in [3.05, 3.63) is 41.1 Å². The third-order valence-corrected chi connectivity index (χ3v) is 3.88. The lowest BCUT2D eigenvalue weighted by Gasteiger charge is -2.31. The summed E-state index contributed by atoms with van der Waals surface area (Å²) in [6, 6.07) is 9.00. The van der Waals surface area contributed by atoms with Gasteiger partial charge in [-0.1, -0.05) is 44.2 Å². The molecule has 7 heteroatoms. The molecule has 1 rings (SSSR count). The molecule has 1 atom stereocenters. The van der Waals surface area contributed by atoms with Crippen molar-refractivity contribution in [3.8, 4) is 0 Å². The number of ether oxygens (including phenoxy) is 2. The van der Waals surface area contributed by atoms with Crippen LogP contribution in [0.3, 0.4) is 0 Å². The lowest BCUT2D eigenvalue weighted by molar-refractivity contribution is -0.473. The highest BCUT2D eigenvalue weighted by atomic mass is 16.6. The molecule has 0 saturated heterocycles. The second-order valence-electron chi connectivity index (χ2n) is 6.19. The molecule has 0 heterocycles. The van der Waals surface area contributed by atoms with E-state index in [-0.39, 0.29) is 19.8 Å². The lowest BCUT2D eigenvalue weighted by Crippen LogP contribution is -2.57. The van der Waals surface area contributed by atoms with Crippen LogP contribution in [0.4, 0.5) is 0 Å². The van der Waals surface area contributed by atoms with Crippen molar-refractivity contribution in [2.75, 3.05) is 13.2 Å². The minimum Gasteiger partial charge on any atom is -0.624 e. The Morgan fingerprint density at radius 3 is 2.08 bits per heavy atom. The van der Waals surface area contributed by atoms with Crippen LogP contribution in [0.25, 0.3) is 0 Å². The maximum Gasteiger partial charge on any atom is 0.350 e. The molecule has 0 radical (unpaired) electrons. The number of hydrogen-bond donors (Lipinski definition) is 1. The first kappa shape index (κ1) is 21.6. The van der Waals surface area contributed by atoms with Gasteiger partial charge in [0.2, 0.25) is 0 Å². The molecule has 1 N–H and O–H groups in total. The summed E-state index contributed by atoms with van der Waals surface area (Å²) in [7, 11) is 0. The average Bonchev–Trinajstić information content (AvgIpc) is 2.60. The van der Waals surface area contributed by atoms with E-state index in [4.69, 9.17) is 9.47 Å². The van der Waals surface area contributed by atoms with E-state index < -0.39 is 29.4 Å². The normalized spacial score (nSPS) is 13.4. The fourth-order valence-electron chi connectivity index (χ4n) is 2.60. The fourth-order valence-corrected chi connectivity index (χ4v) is 2.60. The van der Waals surface area contributed by atoms with Gasteiger partial charge in [0, 0.05) is 5.56 Å². The van der Waals surface area contributed by atoms with Crippen molar-refractivity contribution >= 4 is 18.2 Å². The van der Waals surface area contributed by atoms with Crippen LogP contribution in [0.1, 0.15) is 33.3 Å². The van der Waals surface area contributed by atoms with Gasteiger partial charge in [-0.05, 0) is 19.8 Å².